The molecule has 1 atom stereocenters. The Balaban J connectivity index is 2.47. The summed E-state index contributed by atoms with van der Waals surface area (Å²) in [4.78, 5) is 11.9. The molecule has 0 saturated heterocycles. The van der Waals surface area contributed by atoms with Gasteiger partial charge in [-0.15, -0.1) is 0 Å². The molecule has 0 fully saturated rings. The average Bonchev–Trinajstić information content (AvgIpc) is 2.41. The first-order valence-electron chi connectivity index (χ1n) is 6.96. The lowest BCUT2D eigenvalue weighted by Gasteiger charge is -2.12. The van der Waals surface area contributed by atoms with Crippen molar-refractivity contribution in [1.29, 1.82) is 0 Å². The lowest BCUT2D eigenvalue weighted by molar-refractivity contribution is -0.117. The fraction of sp³-hybridized carbons (Fsp3) is 0.438. The number of hydrogen-bond donors (Lipinski definition) is 2. The fourth-order valence-corrected chi connectivity index (χ4v) is 1.85. The highest BCUT2D eigenvalue weighted by atomic mass is 16.2. The van der Waals surface area contributed by atoms with Crippen LogP contribution in [-0.4, -0.2) is 11.9 Å². The maximum absolute atomic E-state index is 11.9. The van der Waals surface area contributed by atoms with E-state index in [0.29, 0.717) is 0 Å². The van der Waals surface area contributed by atoms with E-state index in [-0.39, 0.29) is 5.91 Å². The second-order valence-electron chi connectivity index (χ2n) is 4.71. The smallest absolute Gasteiger partial charge is 0.241 e. The Kier molecular flexibility index (Phi) is 6.90. The van der Waals surface area contributed by atoms with Crippen molar-refractivity contribution in [2.75, 3.05) is 5.32 Å². The Morgan fingerprint density at radius 2 is 2.00 bits per heavy atom. The number of amides is 1. The predicted octanol–water partition coefficient (Wildman–Crippen LogP) is 3.57. The minimum absolute atomic E-state index is 0.102. The summed E-state index contributed by atoms with van der Waals surface area (Å²) in [6, 6.07) is 7.32. The molecule has 0 aliphatic carbocycles. The number of nitrogens with one attached hydrogen (secondary N) is 1. The van der Waals surface area contributed by atoms with Crippen LogP contribution in [0.3, 0.4) is 0 Å². The largest absolute Gasteiger partial charge is 0.325 e. The van der Waals surface area contributed by atoms with Crippen LogP contribution >= 0.6 is 0 Å². The van der Waals surface area contributed by atoms with Crippen LogP contribution in [0.1, 0.15) is 45.1 Å². The molecule has 1 rings (SSSR count). The number of nitrogens with two attached hydrogens (primary N) is 1. The molecule has 0 bridgehead atoms. The number of carbonyl (C=O) groups excluding carboxylic acids is 1. The number of unbranched alkanes of at least 4 members (excludes halogenated alkanes) is 2. The van der Waals surface area contributed by atoms with Crippen LogP contribution in [0.4, 0.5) is 5.69 Å². The molecule has 19 heavy (non-hydrogen) atoms. The second-order valence-corrected chi connectivity index (χ2v) is 4.71. The zero-order valence-corrected chi connectivity index (χ0v) is 11.9. The highest BCUT2D eigenvalue weighted by molar-refractivity contribution is 5.94. The average molecular weight is 260 g/mol. The first kappa shape index (κ1) is 15.4. The van der Waals surface area contributed by atoms with Gasteiger partial charge in [0.2, 0.25) is 5.91 Å². The van der Waals surface area contributed by atoms with Gasteiger partial charge >= 0.3 is 0 Å². The topological polar surface area (TPSA) is 55.1 Å². The maximum Gasteiger partial charge on any atom is 0.241 e. The number of carbonyl (C=O) groups is 1. The molecule has 104 valence electrons. The Morgan fingerprint density at radius 3 is 2.58 bits per heavy atom. The lowest BCUT2D eigenvalue weighted by Crippen LogP contribution is -2.35. The molecule has 3 N–H and O–H groups in total. The Hall–Kier alpha value is -1.61. The normalized spacial score (nSPS) is 12.6. The van der Waals surface area contributed by atoms with Crippen LogP contribution < -0.4 is 11.1 Å². The first-order valence-corrected chi connectivity index (χ1v) is 6.96. The summed E-state index contributed by atoms with van der Waals surface area (Å²) in [6.07, 6.45) is 8.01. The third-order valence-corrected chi connectivity index (χ3v) is 2.99. The van der Waals surface area contributed by atoms with Crippen molar-refractivity contribution < 1.29 is 4.79 Å². The number of benzene rings is 1. The van der Waals surface area contributed by atoms with E-state index in [1.807, 2.05) is 43.3 Å². The molecular weight excluding hydrogens is 236 g/mol. The van der Waals surface area contributed by atoms with E-state index in [2.05, 4.69) is 12.2 Å². The molecule has 1 unspecified atom stereocenters. The van der Waals surface area contributed by atoms with E-state index < -0.39 is 6.04 Å². The van der Waals surface area contributed by atoms with Gasteiger partial charge in [0.15, 0.2) is 0 Å². The van der Waals surface area contributed by atoms with Crippen LogP contribution in [0.5, 0.6) is 0 Å². The molecule has 1 aromatic rings. The summed E-state index contributed by atoms with van der Waals surface area (Å²) >= 11 is 0. The summed E-state index contributed by atoms with van der Waals surface area (Å²) < 4.78 is 0. The van der Waals surface area contributed by atoms with Crippen molar-refractivity contribution in [3.63, 3.8) is 0 Å². The quantitative estimate of drug-likeness (QED) is 0.736. The molecule has 0 spiro atoms. The van der Waals surface area contributed by atoms with E-state index >= 15 is 0 Å². The predicted molar refractivity (Wildman–Crippen MR) is 81.9 cm³/mol. The molecule has 3 heteroatoms. The summed E-state index contributed by atoms with van der Waals surface area (Å²) in [5.41, 5.74) is 7.77. The number of anilines is 1. The van der Waals surface area contributed by atoms with E-state index in [0.717, 1.165) is 36.9 Å². The molecule has 0 aromatic heterocycles. The van der Waals surface area contributed by atoms with Gasteiger partial charge in [-0.1, -0.05) is 50.5 Å². The summed E-state index contributed by atoms with van der Waals surface area (Å²) in [6.45, 7) is 4.11. The summed E-state index contributed by atoms with van der Waals surface area (Å²) in [5.74, 6) is -0.102. The van der Waals surface area contributed by atoms with Crippen molar-refractivity contribution in [2.45, 2.75) is 45.6 Å². The standard InChI is InChI=1S/C16H24N2O/c1-3-5-6-8-15(17)16(19)18-14-11-9-13(7-4-2)10-12-14/h4,7,9-12,15H,3,5-6,8,17H2,1-2H3,(H,18,19)/b7-4+. The van der Waals surface area contributed by atoms with Crippen LogP contribution in [0.2, 0.25) is 0 Å². The minimum Gasteiger partial charge on any atom is -0.325 e. The molecule has 1 aromatic carbocycles. The molecule has 0 saturated carbocycles. The van der Waals surface area contributed by atoms with E-state index in [1.54, 1.807) is 0 Å². The van der Waals surface area contributed by atoms with Gasteiger partial charge in [-0.25, -0.2) is 0 Å². The van der Waals surface area contributed by atoms with E-state index in [4.69, 9.17) is 5.73 Å². The molecule has 0 radical (unpaired) electrons. The number of allylic oxidation sites excluding steroid dienone is 1. The van der Waals surface area contributed by atoms with Gasteiger partial charge in [0.05, 0.1) is 6.04 Å². The highest BCUT2D eigenvalue weighted by Crippen LogP contribution is 2.12. The van der Waals surface area contributed by atoms with Gasteiger partial charge in [0, 0.05) is 5.69 Å². The van der Waals surface area contributed by atoms with Gasteiger partial charge in [-0.2, -0.15) is 0 Å². The fourth-order valence-electron chi connectivity index (χ4n) is 1.85. The molecule has 0 aliphatic heterocycles. The second kappa shape index (κ2) is 8.48. The van der Waals surface area contributed by atoms with Crippen LogP contribution in [0, 0.1) is 0 Å². The van der Waals surface area contributed by atoms with Gasteiger partial charge in [-0.05, 0) is 31.0 Å². The Labute approximate surface area is 115 Å². The molecule has 3 nitrogen and oxygen atoms in total. The maximum atomic E-state index is 11.9. The molecule has 0 aliphatic rings. The van der Waals surface area contributed by atoms with Crippen molar-refractivity contribution in [2.24, 2.45) is 5.73 Å². The van der Waals surface area contributed by atoms with Gasteiger partial charge < -0.3 is 11.1 Å². The SMILES string of the molecule is C/C=C/c1ccc(NC(=O)C(N)CCCCC)cc1. The Morgan fingerprint density at radius 1 is 1.32 bits per heavy atom. The zero-order chi connectivity index (χ0) is 14.1. The van der Waals surface area contributed by atoms with Gasteiger partial charge in [0.1, 0.15) is 0 Å². The van der Waals surface area contributed by atoms with Crippen LogP contribution in [0.25, 0.3) is 6.08 Å². The monoisotopic (exact) mass is 260 g/mol. The third kappa shape index (κ3) is 5.71. The van der Waals surface area contributed by atoms with Crippen LogP contribution in [-0.2, 0) is 4.79 Å². The van der Waals surface area contributed by atoms with Crippen molar-refractivity contribution in [3.05, 3.63) is 35.9 Å². The summed E-state index contributed by atoms with van der Waals surface area (Å²) in [5, 5.41) is 2.85. The number of rotatable bonds is 7. The first-order chi connectivity index (χ1) is 9.17. The molecule has 0 heterocycles. The number of hydrogen-bond acceptors (Lipinski definition) is 2. The Bertz CT molecular complexity index is 409. The lowest BCUT2D eigenvalue weighted by atomic mass is 10.1. The van der Waals surface area contributed by atoms with E-state index in [9.17, 15) is 4.79 Å². The van der Waals surface area contributed by atoms with Gasteiger partial charge in [0.25, 0.3) is 0 Å². The minimum atomic E-state index is -0.415. The zero-order valence-electron chi connectivity index (χ0n) is 11.9. The van der Waals surface area contributed by atoms with Crippen molar-refractivity contribution >= 4 is 17.7 Å². The summed E-state index contributed by atoms with van der Waals surface area (Å²) in [7, 11) is 0. The van der Waals surface area contributed by atoms with Crippen molar-refractivity contribution in [1.82, 2.24) is 0 Å². The third-order valence-electron chi connectivity index (χ3n) is 2.99. The highest BCUT2D eigenvalue weighted by Gasteiger charge is 2.12. The van der Waals surface area contributed by atoms with E-state index in [1.165, 1.54) is 0 Å². The van der Waals surface area contributed by atoms with Gasteiger partial charge in [-0.3, -0.25) is 4.79 Å². The van der Waals surface area contributed by atoms with Crippen LogP contribution in [0.15, 0.2) is 30.3 Å². The van der Waals surface area contributed by atoms with Crippen molar-refractivity contribution in [3.8, 4) is 0 Å². The molecule has 1 amide bonds. The molecular formula is C16H24N2O.